The third-order valence-corrected chi connectivity index (χ3v) is 5.16. The Hall–Kier alpha value is -1.31. The van der Waals surface area contributed by atoms with E-state index in [0.29, 0.717) is 30.2 Å². The van der Waals surface area contributed by atoms with E-state index in [-0.39, 0.29) is 11.4 Å². The maximum atomic E-state index is 12.7. The summed E-state index contributed by atoms with van der Waals surface area (Å²) in [7, 11) is -0.590. The van der Waals surface area contributed by atoms with Gasteiger partial charge in [0.2, 0.25) is 10.0 Å². The fraction of sp³-hybridized carbons (Fsp3) is 0.571. The van der Waals surface area contributed by atoms with E-state index in [1.165, 1.54) is 24.6 Å². The summed E-state index contributed by atoms with van der Waals surface area (Å²) in [6.07, 6.45) is 0.754. The second kappa shape index (κ2) is 7.63. The molecule has 0 aliphatic carbocycles. The molecule has 120 valence electrons. The summed E-state index contributed by atoms with van der Waals surface area (Å²) < 4.78 is 37.3. The first-order chi connectivity index (χ1) is 9.95. The van der Waals surface area contributed by atoms with Crippen molar-refractivity contribution >= 4 is 10.0 Å². The maximum absolute atomic E-state index is 12.7. The lowest BCUT2D eigenvalue weighted by Gasteiger charge is -2.21. The molecule has 21 heavy (non-hydrogen) atoms. The molecule has 0 fully saturated rings. The van der Waals surface area contributed by atoms with Crippen LogP contribution in [-0.4, -0.2) is 40.0 Å². The number of ether oxygens (including phenoxy) is 2. The highest BCUT2D eigenvalue weighted by molar-refractivity contribution is 7.89. The van der Waals surface area contributed by atoms with Crippen LogP contribution in [0.4, 0.5) is 0 Å². The number of sulfonamides is 1. The Kier molecular flexibility index (Phi) is 6.44. The molecule has 0 radical (unpaired) electrons. The van der Waals surface area contributed by atoms with Crippen LogP contribution < -0.4 is 15.2 Å². The van der Waals surface area contributed by atoms with E-state index < -0.39 is 10.0 Å². The van der Waals surface area contributed by atoms with Gasteiger partial charge in [-0.1, -0.05) is 13.8 Å². The molecule has 0 unspecified atom stereocenters. The van der Waals surface area contributed by atoms with Crippen molar-refractivity contribution < 1.29 is 17.9 Å². The molecular weight excluding hydrogens is 292 g/mol. The highest BCUT2D eigenvalue weighted by Gasteiger charge is 2.25. The quantitative estimate of drug-likeness (QED) is 0.787. The summed E-state index contributed by atoms with van der Waals surface area (Å²) in [5, 5.41) is 0. The molecule has 1 aromatic rings. The lowest BCUT2D eigenvalue weighted by molar-refractivity contribution is 0.350. The van der Waals surface area contributed by atoms with Crippen LogP contribution in [0.25, 0.3) is 0 Å². The molecule has 2 N–H and O–H groups in total. The first kappa shape index (κ1) is 17.7. The van der Waals surface area contributed by atoms with Crippen molar-refractivity contribution in [3.8, 4) is 11.5 Å². The van der Waals surface area contributed by atoms with E-state index in [1.807, 2.05) is 13.8 Å². The molecule has 0 bridgehead atoms. The number of rotatable bonds is 8. The molecule has 6 nitrogen and oxygen atoms in total. The Morgan fingerprint density at radius 1 is 1.19 bits per heavy atom. The van der Waals surface area contributed by atoms with Crippen molar-refractivity contribution in [1.82, 2.24) is 4.31 Å². The summed E-state index contributed by atoms with van der Waals surface area (Å²) in [5.41, 5.74) is 6.29. The molecule has 0 aliphatic heterocycles. The molecule has 0 spiro atoms. The molecule has 0 saturated heterocycles. The van der Waals surface area contributed by atoms with Gasteiger partial charge in [0.15, 0.2) is 11.5 Å². The number of nitrogens with zero attached hydrogens (tertiary/aromatic N) is 1. The van der Waals surface area contributed by atoms with Crippen LogP contribution in [0, 0.1) is 0 Å². The lowest BCUT2D eigenvalue weighted by Crippen LogP contribution is -2.31. The molecule has 0 aliphatic rings. The Bertz CT molecular complexity index is 547. The van der Waals surface area contributed by atoms with E-state index in [4.69, 9.17) is 15.2 Å². The maximum Gasteiger partial charge on any atom is 0.243 e. The van der Waals surface area contributed by atoms with Gasteiger partial charge >= 0.3 is 0 Å². The van der Waals surface area contributed by atoms with E-state index >= 15 is 0 Å². The summed E-state index contributed by atoms with van der Waals surface area (Å²) in [6, 6.07) is 3.03. The predicted octanol–water partition coefficient (Wildman–Crippen LogP) is 1.58. The number of methoxy groups -OCH3 is 2. The average Bonchev–Trinajstić information content (AvgIpc) is 2.50. The number of hydrogen-bond acceptors (Lipinski definition) is 5. The summed E-state index contributed by atoms with van der Waals surface area (Å²) in [4.78, 5) is 0.177. The second-order valence-electron chi connectivity index (χ2n) is 4.52. The Morgan fingerprint density at radius 3 is 2.29 bits per heavy atom. The molecule has 1 aromatic carbocycles. The van der Waals surface area contributed by atoms with Gasteiger partial charge < -0.3 is 15.2 Å². The zero-order chi connectivity index (χ0) is 16.0. The zero-order valence-corrected chi connectivity index (χ0v) is 13.9. The van der Waals surface area contributed by atoms with Gasteiger partial charge in [-0.3, -0.25) is 0 Å². The third kappa shape index (κ3) is 3.66. The van der Waals surface area contributed by atoms with E-state index in [2.05, 4.69) is 0 Å². The lowest BCUT2D eigenvalue weighted by atomic mass is 10.2. The van der Waals surface area contributed by atoms with Crippen LogP contribution in [0.3, 0.4) is 0 Å². The van der Waals surface area contributed by atoms with Crippen molar-refractivity contribution in [3.63, 3.8) is 0 Å². The first-order valence-corrected chi connectivity index (χ1v) is 8.35. The molecule has 1 rings (SSSR count). The highest BCUT2D eigenvalue weighted by atomic mass is 32.2. The summed E-state index contributed by atoms with van der Waals surface area (Å²) in [6.45, 7) is 4.83. The van der Waals surface area contributed by atoms with Crippen LogP contribution in [0.2, 0.25) is 0 Å². The summed E-state index contributed by atoms with van der Waals surface area (Å²) in [5.74, 6) is 0.837. The normalized spacial score (nSPS) is 11.7. The third-order valence-electron chi connectivity index (χ3n) is 3.21. The van der Waals surface area contributed by atoms with Gasteiger partial charge in [0, 0.05) is 31.3 Å². The Morgan fingerprint density at radius 2 is 1.86 bits per heavy atom. The number of benzene rings is 1. The zero-order valence-electron chi connectivity index (χ0n) is 13.0. The van der Waals surface area contributed by atoms with Gasteiger partial charge in [-0.2, -0.15) is 4.31 Å². The van der Waals surface area contributed by atoms with Gasteiger partial charge in [0.25, 0.3) is 0 Å². The largest absolute Gasteiger partial charge is 0.493 e. The predicted molar refractivity (Wildman–Crippen MR) is 82.2 cm³/mol. The molecule has 0 aromatic heterocycles. The highest BCUT2D eigenvalue weighted by Crippen LogP contribution is 2.34. The van der Waals surface area contributed by atoms with Crippen molar-refractivity contribution in [2.24, 2.45) is 5.73 Å². The molecule has 0 saturated carbocycles. The van der Waals surface area contributed by atoms with Crippen LogP contribution in [-0.2, 0) is 16.6 Å². The first-order valence-electron chi connectivity index (χ1n) is 6.91. The van der Waals surface area contributed by atoms with E-state index in [0.717, 1.165) is 6.42 Å². The van der Waals surface area contributed by atoms with Crippen LogP contribution >= 0.6 is 0 Å². The fourth-order valence-electron chi connectivity index (χ4n) is 2.16. The van der Waals surface area contributed by atoms with Gasteiger partial charge in [-0.15, -0.1) is 0 Å². The minimum Gasteiger partial charge on any atom is -0.493 e. The SMILES string of the molecule is CCCN(CC)S(=O)(=O)c1cc(CN)c(OC)c(OC)c1. The van der Waals surface area contributed by atoms with Gasteiger partial charge in [0.1, 0.15) is 0 Å². The van der Waals surface area contributed by atoms with Gasteiger partial charge in [-0.05, 0) is 12.5 Å². The second-order valence-corrected chi connectivity index (χ2v) is 6.46. The van der Waals surface area contributed by atoms with Crippen molar-refractivity contribution in [2.45, 2.75) is 31.7 Å². The Labute approximate surface area is 126 Å². The smallest absolute Gasteiger partial charge is 0.243 e. The van der Waals surface area contributed by atoms with E-state index in [9.17, 15) is 8.42 Å². The van der Waals surface area contributed by atoms with Crippen molar-refractivity contribution in [2.75, 3.05) is 27.3 Å². The minimum atomic E-state index is -3.56. The van der Waals surface area contributed by atoms with Crippen LogP contribution in [0.1, 0.15) is 25.8 Å². The molecule has 0 amide bonds. The average molecular weight is 316 g/mol. The molecular formula is C14H24N2O4S. The van der Waals surface area contributed by atoms with Crippen LogP contribution in [0.5, 0.6) is 11.5 Å². The Balaban J connectivity index is 3.42. The van der Waals surface area contributed by atoms with Crippen molar-refractivity contribution in [3.05, 3.63) is 17.7 Å². The summed E-state index contributed by atoms with van der Waals surface area (Å²) >= 11 is 0. The number of nitrogens with two attached hydrogens (primary N) is 1. The molecule has 7 heteroatoms. The molecule has 0 atom stereocenters. The standard InChI is InChI=1S/C14H24N2O4S/c1-5-7-16(6-2)21(17,18)12-8-11(10-15)14(20-4)13(9-12)19-3/h8-9H,5-7,10,15H2,1-4H3. The van der Waals surface area contributed by atoms with E-state index in [1.54, 1.807) is 6.07 Å². The van der Waals surface area contributed by atoms with Gasteiger partial charge in [-0.25, -0.2) is 8.42 Å². The van der Waals surface area contributed by atoms with Gasteiger partial charge in [0.05, 0.1) is 19.1 Å². The minimum absolute atomic E-state index is 0.169. The number of hydrogen-bond donors (Lipinski definition) is 1. The van der Waals surface area contributed by atoms with Crippen LogP contribution in [0.15, 0.2) is 17.0 Å². The van der Waals surface area contributed by atoms with Crippen molar-refractivity contribution in [1.29, 1.82) is 0 Å². The molecule has 0 heterocycles. The topological polar surface area (TPSA) is 81.9 Å². The fourth-order valence-corrected chi connectivity index (χ4v) is 3.77. The monoisotopic (exact) mass is 316 g/mol.